The molecule has 0 atom stereocenters. The summed E-state index contributed by atoms with van der Waals surface area (Å²) in [5.74, 6) is -0.0752. The number of hydrogen-bond donors (Lipinski definition) is 1. The van der Waals surface area contributed by atoms with Crippen molar-refractivity contribution in [1.29, 1.82) is 0 Å². The first-order chi connectivity index (χ1) is 9.16. The van der Waals surface area contributed by atoms with Crippen molar-refractivity contribution in [3.63, 3.8) is 0 Å². The predicted octanol–water partition coefficient (Wildman–Crippen LogP) is 1.71. The Morgan fingerprint density at radius 3 is 2.63 bits per heavy atom. The van der Waals surface area contributed by atoms with Gasteiger partial charge < -0.3 is 14.6 Å². The minimum absolute atomic E-state index is 0.0752. The molecule has 0 saturated heterocycles. The Morgan fingerprint density at radius 2 is 2.05 bits per heavy atom. The molecular weight excluding hydrogens is 242 g/mol. The second kappa shape index (κ2) is 6.04. The molecule has 100 valence electrons. The molecule has 1 amide bonds. The third-order valence-electron chi connectivity index (χ3n) is 2.80. The van der Waals surface area contributed by atoms with Gasteiger partial charge in [0.1, 0.15) is 6.26 Å². The first-order valence-corrected chi connectivity index (χ1v) is 6.09. The Balaban J connectivity index is 1.85. The molecular formula is C14H17N3O2. The first-order valence-electron chi connectivity index (χ1n) is 6.09. The SMILES string of the molecule is CN(C)c1ccc(C(=O)NCCc2cocn2)cc1. The third kappa shape index (κ3) is 3.58. The number of nitrogens with zero attached hydrogens (tertiary/aromatic N) is 2. The van der Waals surface area contributed by atoms with E-state index in [0.29, 0.717) is 18.5 Å². The number of carbonyl (C=O) groups is 1. The Kier molecular flexibility index (Phi) is 4.18. The van der Waals surface area contributed by atoms with Crippen LogP contribution in [0, 0.1) is 0 Å². The number of amides is 1. The zero-order chi connectivity index (χ0) is 13.7. The maximum atomic E-state index is 11.9. The molecule has 1 aromatic heterocycles. The lowest BCUT2D eigenvalue weighted by Crippen LogP contribution is -2.25. The highest BCUT2D eigenvalue weighted by molar-refractivity contribution is 5.94. The van der Waals surface area contributed by atoms with Crippen LogP contribution in [-0.2, 0) is 6.42 Å². The molecule has 5 heteroatoms. The molecule has 1 heterocycles. The molecule has 0 saturated carbocycles. The molecule has 0 radical (unpaired) electrons. The maximum Gasteiger partial charge on any atom is 0.251 e. The molecule has 2 rings (SSSR count). The van der Waals surface area contributed by atoms with Gasteiger partial charge in [0.15, 0.2) is 6.39 Å². The van der Waals surface area contributed by atoms with Gasteiger partial charge in [-0.2, -0.15) is 0 Å². The van der Waals surface area contributed by atoms with E-state index in [1.165, 1.54) is 6.39 Å². The highest BCUT2D eigenvalue weighted by Crippen LogP contribution is 2.12. The van der Waals surface area contributed by atoms with E-state index in [9.17, 15) is 4.79 Å². The van der Waals surface area contributed by atoms with Crippen molar-refractivity contribution >= 4 is 11.6 Å². The van der Waals surface area contributed by atoms with Gasteiger partial charge in [0, 0.05) is 38.3 Å². The van der Waals surface area contributed by atoms with E-state index in [2.05, 4.69) is 10.3 Å². The summed E-state index contributed by atoms with van der Waals surface area (Å²) in [4.78, 5) is 17.9. The van der Waals surface area contributed by atoms with Crippen molar-refractivity contribution < 1.29 is 9.21 Å². The van der Waals surface area contributed by atoms with E-state index in [0.717, 1.165) is 11.4 Å². The van der Waals surface area contributed by atoms with Gasteiger partial charge in [-0.25, -0.2) is 4.98 Å². The van der Waals surface area contributed by atoms with Gasteiger partial charge >= 0.3 is 0 Å². The van der Waals surface area contributed by atoms with Gasteiger partial charge in [0.2, 0.25) is 0 Å². The molecule has 0 bridgehead atoms. The summed E-state index contributed by atoms with van der Waals surface area (Å²) in [6, 6.07) is 7.49. The third-order valence-corrected chi connectivity index (χ3v) is 2.80. The van der Waals surface area contributed by atoms with Crippen LogP contribution >= 0.6 is 0 Å². The van der Waals surface area contributed by atoms with E-state index in [1.807, 2.05) is 43.3 Å². The van der Waals surface area contributed by atoms with Crippen molar-refractivity contribution in [3.05, 3.63) is 48.2 Å². The van der Waals surface area contributed by atoms with Gasteiger partial charge in [0.25, 0.3) is 5.91 Å². The van der Waals surface area contributed by atoms with Crippen LogP contribution in [0.15, 0.2) is 41.3 Å². The number of benzene rings is 1. The van der Waals surface area contributed by atoms with Crippen molar-refractivity contribution in [1.82, 2.24) is 10.3 Å². The molecule has 0 fully saturated rings. The number of nitrogens with one attached hydrogen (secondary N) is 1. The van der Waals surface area contributed by atoms with Crippen LogP contribution in [0.25, 0.3) is 0 Å². The number of anilines is 1. The highest BCUT2D eigenvalue weighted by Gasteiger charge is 2.05. The quantitative estimate of drug-likeness (QED) is 0.888. The topological polar surface area (TPSA) is 58.4 Å². The average molecular weight is 259 g/mol. The number of aromatic nitrogens is 1. The van der Waals surface area contributed by atoms with Gasteiger partial charge in [-0.1, -0.05) is 0 Å². The lowest BCUT2D eigenvalue weighted by Gasteiger charge is -2.12. The second-order valence-electron chi connectivity index (χ2n) is 4.43. The molecule has 1 N–H and O–H groups in total. The lowest BCUT2D eigenvalue weighted by atomic mass is 10.2. The molecule has 0 aliphatic heterocycles. The summed E-state index contributed by atoms with van der Waals surface area (Å²) in [5.41, 5.74) is 2.56. The van der Waals surface area contributed by atoms with Crippen molar-refractivity contribution in [3.8, 4) is 0 Å². The van der Waals surface area contributed by atoms with E-state index in [-0.39, 0.29) is 5.91 Å². The molecule has 2 aromatic rings. The predicted molar refractivity (Wildman–Crippen MR) is 73.3 cm³/mol. The fourth-order valence-corrected chi connectivity index (χ4v) is 1.68. The van der Waals surface area contributed by atoms with E-state index < -0.39 is 0 Å². The lowest BCUT2D eigenvalue weighted by molar-refractivity contribution is 0.0954. The van der Waals surface area contributed by atoms with Crippen LogP contribution in [-0.4, -0.2) is 31.5 Å². The molecule has 5 nitrogen and oxygen atoms in total. The van der Waals surface area contributed by atoms with Gasteiger partial charge in [-0.15, -0.1) is 0 Å². The smallest absolute Gasteiger partial charge is 0.251 e. The highest BCUT2D eigenvalue weighted by atomic mass is 16.3. The summed E-state index contributed by atoms with van der Waals surface area (Å²) >= 11 is 0. The summed E-state index contributed by atoms with van der Waals surface area (Å²) < 4.78 is 4.86. The summed E-state index contributed by atoms with van der Waals surface area (Å²) in [6.45, 7) is 0.542. The minimum atomic E-state index is -0.0752. The zero-order valence-corrected chi connectivity index (χ0v) is 11.1. The Hall–Kier alpha value is -2.30. The number of oxazole rings is 1. The van der Waals surface area contributed by atoms with Crippen LogP contribution < -0.4 is 10.2 Å². The van der Waals surface area contributed by atoms with Crippen LogP contribution in [0.4, 0.5) is 5.69 Å². The van der Waals surface area contributed by atoms with E-state index in [4.69, 9.17) is 4.42 Å². The molecule has 19 heavy (non-hydrogen) atoms. The fourth-order valence-electron chi connectivity index (χ4n) is 1.68. The van der Waals surface area contributed by atoms with Gasteiger partial charge in [0.05, 0.1) is 5.69 Å². The Morgan fingerprint density at radius 1 is 1.32 bits per heavy atom. The molecule has 1 aromatic carbocycles. The maximum absolute atomic E-state index is 11.9. The molecule has 0 spiro atoms. The van der Waals surface area contributed by atoms with Crippen molar-refractivity contribution in [2.24, 2.45) is 0 Å². The summed E-state index contributed by atoms with van der Waals surface area (Å²) in [5, 5.41) is 2.85. The van der Waals surface area contributed by atoms with Crippen LogP contribution in [0.5, 0.6) is 0 Å². The summed E-state index contributed by atoms with van der Waals surface area (Å²) in [7, 11) is 3.93. The first kappa shape index (κ1) is 13.1. The number of hydrogen-bond acceptors (Lipinski definition) is 4. The summed E-state index contributed by atoms with van der Waals surface area (Å²) in [6.07, 6.45) is 3.63. The van der Waals surface area contributed by atoms with Crippen LogP contribution in [0.2, 0.25) is 0 Å². The average Bonchev–Trinajstić information content (AvgIpc) is 2.92. The largest absolute Gasteiger partial charge is 0.451 e. The van der Waals surface area contributed by atoms with Crippen molar-refractivity contribution in [2.75, 3.05) is 25.5 Å². The van der Waals surface area contributed by atoms with Crippen LogP contribution in [0.3, 0.4) is 0 Å². The van der Waals surface area contributed by atoms with E-state index >= 15 is 0 Å². The normalized spacial score (nSPS) is 10.2. The molecule has 0 aliphatic rings. The van der Waals surface area contributed by atoms with Crippen molar-refractivity contribution in [2.45, 2.75) is 6.42 Å². The number of rotatable bonds is 5. The monoisotopic (exact) mass is 259 g/mol. The van der Waals surface area contributed by atoms with E-state index in [1.54, 1.807) is 6.26 Å². The van der Waals surface area contributed by atoms with Gasteiger partial charge in [-0.3, -0.25) is 4.79 Å². The van der Waals surface area contributed by atoms with Gasteiger partial charge in [-0.05, 0) is 24.3 Å². The minimum Gasteiger partial charge on any atom is -0.451 e. The number of carbonyl (C=O) groups excluding carboxylic acids is 1. The Bertz CT molecular complexity index is 518. The standard InChI is InChI=1S/C14H17N3O2/c1-17(2)13-5-3-11(4-6-13)14(18)15-8-7-12-9-19-10-16-12/h3-6,9-10H,7-8H2,1-2H3,(H,15,18). The van der Waals surface area contributed by atoms with Crippen LogP contribution in [0.1, 0.15) is 16.1 Å². The fraction of sp³-hybridized carbons (Fsp3) is 0.286. The zero-order valence-electron chi connectivity index (χ0n) is 11.1. The molecule has 0 aliphatic carbocycles. The molecule has 0 unspecified atom stereocenters. The second-order valence-corrected chi connectivity index (χ2v) is 4.43. The Labute approximate surface area is 112 Å².